The van der Waals surface area contributed by atoms with Gasteiger partial charge in [0.25, 0.3) is 0 Å². The average Bonchev–Trinajstić information content (AvgIpc) is 3.55. The van der Waals surface area contributed by atoms with Crippen LogP contribution in [0.4, 0.5) is 0 Å². The minimum absolute atomic E-state index is 0.374. The molecule has 4 nitrogen and oxygen atoms in total. The number of rotatable bonds is 7. The first-order valence-electron chi connectivity index (χ1n) is 13.1. The van der Waals surface area contributed by atoms with E-state index in [4.69, 9.17) is 9.47 Å². The monoisotopic (exact) mass is 587 g/mol. The van der Waals surface area contributed by atoms with E-state index in [0.717, 1.165) is 49.6 Å². The fourth-order valence-corrected chi connectivity index (χ4v) is 5.16. The molecule has 4 aromatic carbocycles. The maximum atomic E-state index is 13.1. The molecule has 0 amide bonds. The zero-order valence-electron chi connectivity index (χ0n) is 21.9. The Morgan fingerprint density at radius 2 is 1.45 bits per heavy atom. The standard InChI is InChI=1S/C35H26BrNO3/c1-2-39-31-19-13-25(14-20-31)33-23-28(35(38)40-33)21-27-22-32(24-9-5-3-6-10-24)37(30-17-15-29(36)16-18-30)34(27)26-11-7-4-8-12-26/h3-23H,2H2,1H3/b28-21-. The van der Waals surface area contributed by atoms with Gasteiger partial charge in [0, 0.05) is 21.3 Å². The number of esters is 1. The van der Waals surface area contributed by atoms with Crippen molar-refractivity contribution in [3.8, 4) is 34.0 Å². The Balaban J connectivity index is 1.53. The Morgan fingerprint density at radius 3 is 2.10 bits per heavy atom. The van der Waals surface area contributed by atoms with Crippen LogP contribution in [0.1, 0.15) is 18.1 Å². The third kappa shape index (κ3) is 5.16. The number of hydrogen-bond acceptors (Lipinski definition) is 3. The molecule has 0 bridgehead atoms. The zero-order chi connectivity index (χ0) is 27.5. The maximum absolute atomic E-state index is 13.1. The first kappa shape index (κ1) is 25.7. The van der Waals surface area contributed by atoms with Crippen LogP contribution < -0.4 is 4.74 Å². The van der Waals surface area contributed by atoms with Gasteiger partial charge in [0.1, 0.15) is 11.5 Å². The Labute approximate surface area is 242 Å². The van der Waals surface area contributed by atoms with Gasteiger partial charge in [-0.25, -0.2) is 4.79 Å². The minimum atomic E-state index is -0.374. The largest absolute Gasteiger partial charge is 0.494 e. The van der Waals surface area contributed by atoms with Crippen LogP contribution in [0.15, 0.2) is 131 Å². The van der Waals surface area contributed by atoms with Gasteiger partial charge < -0.3 is 14.0 Å². The molecule has 196 valence electrons. The van der Waals surface area contributed by atoms with Gasteiger partial charge in [0.15, 0.2) is 0 Å². The molecular weight excluding hydrogens is 562 g/mol. The third-order valence-corrected chi connectivity index (χ3v) is 7.25. The van der Waals surface area contributed by atoms with Gasteiger partial charge in [-0.05, 0) is 84.8 Å². The van der Waals surface area contributed by atoms with Crippen LogP contribution in [0.2, 0.25) is 0 Å². The van der Waals surface area contributed by atoms with E-state index in [1.165, 1.54) is 0 Å². The summed E-state index contributed by atoms with van der Waals surface area (Å²) in [6.07, 6.45) is 3.74. The second kappa shape index (κ2) is 11.2. The van der Waals surface area contributed by atoms with E-state index in [-0.39, 0.29) is 5.97 Å². The predicted octanol–water partition coefficient (Wildman–Crippen LogP) is 8.95. The van der Waals surface area contributed by atoms with Gasteiger partial charge in [-0.1, -0.05) is 76.6 Å². The predicted molar refractivity (Wildman–Crippen MR) is 164 cm³/mol. The van der Waals surface area contributed by atoms with Crippen LogP contribution in [0, 0.1) is 0 Å². The van der Waals surface area contributed by atoms with E-state index in [2.05, 4.69) is 63.0 Å². The molecule has 0 unspecified atom stereocenters. The molecule has 6 rings (SSSR count). The third-order valence-electron chi connectivity index (χ3n) is 6.72. The molecule has 40 heavy (non-hydrogen) atoms. The highest BCUT2D eigenvalue weighted by molar-refractivity contribution is 9.10. The summed E-state index contributed by atoms with van der Waals surface area (Å²) in [5.41, 5.74) is 7.39. The molecule has 2 heterocycles. The summed E-state index contributed by atoms with van der Waals surface area (Å²) in [6, 6.07) is 38.5. The summed E-state index contributed by atoms with van der Waals surface area (Å²) < 4.78 is 14.5. The molecule has 5 aromatic rings. The van der Waals surface area contributed by atoms with Crippen molar-refractivity contribution in [1.29, 1.82) is 0 Å². The van der Waals surface area contributed by atoms with Crippen molar-refractivity contribution >= 4 is 33.7 Å². The smallest absolute Gasteiger partial charge is 0.343 e. The Hall–Kier alpha value is -4.61. The lowest BCUT2D eigenvalue weighted by Gasteiger charge is -2.15. The number of carbonyl (C=O) groups excluding carboxylic acids is 1. The van der Waals surface area contributed by atoms with Crippen molar-refractivity contribution in [1.82, 2.24) is 4.57 Å². The van der Waals surface area contributed by atoms with E-state index >= 15 is 0 Å². The van der Waals surface area contributed by atoms with Crippen LogP contribution in [-0.2, 0) is 9.53 Å². The number of nitrogens with zero attached hydrogens (tertiary/aromatic N) is 1. The van der Waals surface area contributed by atoms with E-state index in [9.17, 15) is 4.79 Å². The van der Waals surface area contributed by atoms with Gasteiger partial charge in [-0.15, -0.1) is 0 Å². The minimum Gasteiger partial charge on any atom is -0.494 e. The quantitative estimate of drug-likeness (QED) is 0.141. The normalized spacial score (nSPS) is 13.8. The number of benzene rings is 4. The van der Waals surface area contributed by atoms with E-state index in [0.29, 0.717) is 17.9 Å². The Kier molecular flexibility index (Phi) is 7.21. The second-order valence-corrected chi connectivity index (χ2v) is 10.2. The van der Waals surface area contributed by atoms with E-state index in [1.54, 1.807) is 0 Å². The van der Waals surface area contributed by atoms with Crippen LogP contribution in [0.3, 0.4) is 0 Å². The van der Waals surface area contributed by atoms with Crippen molar-refractivity contribution < 1.29 is 14.3 Å². The molecule has 0 saturated carbocycles. The van der Waals surface area contributed by atoms with Gasteiger partial charge in [0.2, 0.25) is 0 Å². The highest BCUT2D eigenvalue weighted by atomic mass is 79.9. The van der Waals surface area contributed by atoms with Crippen molar-refractivity contribution in [2.45, 2.75) is 6.92 Å². The van der Waals surface area contributed by atoms with E-state index < -0.39 is 0 Å². The molecule has 0 aliphatic carbocycles. The van der Waals surface area contributed by atoms with Crippen LogP contribution >= 0.6 is 15.9 Å². The fourth-order valence-electron chi connectivity index (χ4n) is 4.89. The highest BCUT2D eigenvalue weighted by Crippen LogP contribution is 2.38. The second-order valence-electron chi connectivity index (χ2n) is 9.33. The number of cyclic esters (lactones) is 1. The molecule has 1 aromatic heterocycles. The Morgan fingerprint density at radius 1 is 0.800 bits per heavy atom. The van der Waals surface area contributed by atoms with Crippen molar-refractivity contribution in [2.24, 2.45) is 0 Å². The molecule has 0 radical (unpaired) electrons. The molecule has 0 saturated heterocycles. The number of hydrogen-bond donors (Lipinski definition) is 0. The molecule has 0 spiro atoms. The lowest BCUT2D eigenvalue weighted by atomic mass is 10.0. The lowest BCUT2D eigenvalue weighted by Crippen LogP contribution is -2.00. The number of halogens is 1. The van der Waals surface area contributed by atoms with Crippen molar-refractivity contribution in [2.75, 3.05) is 6.61 Å². The maximum Gasteiger partial charge on any atom is 0.343 e. The average molecular weight is 589 g/mol. The molecule has 1 aliphatic rings. The molecule has 1 aliphatic heterocycles. The molecule has 0 atom stereocenters. The van der Waals surface area contributed by atoms with Crippen molar-refractivity contribution in [3.05, 3.63) is 143 Å². The van der Waals surface area contributed by atoms with Gasteiger partial charge in [-0.3, -0.25) is 0 Å². The van der Waals surface area contributed by atoms with E-state index in [1.807, 2.05) is 91.9 Å². The van der Waals surface area contributed by atoms with Gasteiger partial charge >= 0.3 is 5.97 Å². The van der Waals surface area contributed by atoms with Gasteiger partial charge in [-0.2, -0.15) is 0 Å². The summed E-state index contributed by atoms with van der Waals surface area (Å²) in [6.45, 7) is 2.54. The number of aromatic nitrogens is 1. The topological polar surface area (TPSA) is 40.5 Å². The first-order chi connectivity index (χ1) is 19.6. The number of ether oxygens (including phenoxy) is 2. The molecule has 0 N–H and O–H groups in total. The van der Waals surface area contributed by atoms with Crippen LogP contribution in [0.25, 0.3) is 40.0 Å². The summed E-state index contributed by atoms with van der Waals surface area (Å²) in [7, 11) is 0. The summed E-state index contributed by atoms with van der Waals surface area (Å²) in [4.78, 5) is 13.1. The zero-order valence-corrected chi connectivity index (χ0v) is 23.5. The fraction of sp³-hybridized carbons (Fsp3) is 0.0571. The number of carbonyl (C=O) groups is 1. The molecular formula is C35H26BrNO3. The summed E-state index contributed by atoms with van der Waals surface area (Å²) >= 11 is 3.57. The van der Waals surface area contributed by atoms with Gasteiger partial charge in [0.05, 0.1) is 23.6 Å². The first-order valence-corrected chi connectivity index (χ1v) is 13.9. The van der Waals surface area contributed by atoms with Crippen LogP contribution in [-0.4, -0.2) is 17.1 Å². The SMILES string of the molecule is CCOc1ccc(C2=C/C(=C/c3cc(-c4ccccc4)n(-c4ccc(Br)cc4)c3-c3ccccc3)C(=O)O2)cc1. The highest BCUT2D eigenvalue weighted by Gasteiger charge is 2.25. The summed E-state index contributed by atoms with van der Waals surface area (Å²) in [5.74, 6) is 0.930. The lowest BCUT2D eigenvalue weighted by molar-refractivity contribution is -0.130. The summed E-state index contributed by atoms with van der Waals surface area (Å²) in [5, 5.41) is 0. The Bertz CT molecular complexity index is 1720. The molecule has 5 heteroatoms. The van der Waals surface area contributed by atoms with Crippen LogP contribution in [0.5, 0.6) is 5.75 Å². The van der Waals surface area contributed by atoms with Crippen molar-refractivity contribution in [3.63, 3.8) is 0 Å². The molecule has 0 fully saturated rings.